The Hall–Kier alpha value is -4.00. The van der Waals surface area contributed by atoms with Crippen LogP contribution in [0.4, 0.5) is 0 Å². The number of fused-ring (bicyclic) bond motifs is 16. The number of thiophene rings is 1. The molecule has 2 bridgehead atoms. The van der Waals surface area contributed by atoms with Crippen LogP contribution in [-0.2, 0) is 33.5 Å². The summed E-state index contributed by atoms with van der Waals surface area (Å²) in [7, 11) is 0. The summed E-state index contributed by atoms with van der Waals surface area (Å²) in [4.78, 5) is 82.3. The standard InChI is InChI=1S/C46H67N5O9S/c52-34-16-10-30(11-17-34)27-40-45(58)49-38(43(56)47-23-22-42(54)55)25-31-12-18-35(19-13-31)60-28-41(53)48-37(21-20-36-7-4-24-61-36)44(57)50-39(46(59)51-40)26-29-8-14-33(15-9-29)32-5-2-1-3-6-32/h4,7,24,29-35,37-40,52H,1-3,5-6,8-19,22-23,25-28H2,(H,47,56)(H,48,53)(H,49,58)(H,50,57)(H,51,59)(H,54,55). The lowest BCUT2D eigenvalue weighted by molar-refractivity contribution is -0.137. The van der Waals surface area contributed by atoms with E-state index < -0.39 is 65.8 Å². The highest BCUT2D eigenvalue weighted by Crippen LogP contribution is 2.41. The van der Waals surface area contributed by atoms with Gasteiger partial charge in [-0.1, -0.05) is 62.9 Å². The molecule has 0 radical (unpaired) electrons. The van der Waals surface area contributed by atoms with Gasteiger partial charge in [0.05, 0.1) is 23.5 Å². The van der Waals surface area contributed by atoms with Gasteiger partial charge in [0.1, 0.15) is 24.7 Å². The number of carboxylic acids is 1. The van der Waals surface area contributed by atoms with Crippen molar-refractivity contribution in [1.82, 2.24) is 26.6 Å². The Bertz CT molecular complexity index is 1680. The maximum atomic E-state index is 14.7. The van der Waals surface area contributed by atoms with Crippen molar-refractivity contribution in [3.63, 3.8) is 0 Å². The molecule has 2 saturated heterocycles. The Kier molecular flexibility index (Phi) is 17.9. The van der Waals surface area contributed by atoms with E-state index in [0.29, 0.717) is 75.0 Å². The van der Waals surface area contributed by atoms with Gasteiger partial charge in [-0.3, -0.25) is 28.8 Å². The molecule has 3 heterocycles. The maximum Gasteiger partial charge on any atom is 0.305 e. The average molecular weight is 866 g/mol. The van der Waals surface area contributed by atoms with Crippen molar-refractivity contribution < 1.29 is 43.7 Å². The molecule has 4 aliphatic carbocycles. The third-order valence-corrected chi connectivity index (χ3v) is 14.7. The minimum Gasteiger partial charge on any atom is -0.481 e. The first-order valence-corrected chi connectivity index (χ1v) is 23.9. The summed E-state index contributed by atoms with van der Waals surface area (Å²) in [5, 5.41) is 35.7. The second kappa shape index (κ2) is 23.4. The highest BCUT2D eigenvalue weighted by molar-refractivity contribution is 7.10. The van der Waals surface area contributed by atoms with E-state index in [1.807, 2.05) is 17.5 Å². The van der Waals surface area contributed by atoms with Crippen LogP contribution in [-0.4, -0.2) is 95.2 Å². The number of carbonyl (C=O) groups is 6. The van der Waals surface area contributed by atoms with Gasteiger partial charge < -0.3 is 41.5 Å². The van der Waals surface area contributed by atoms with Gasteiger partial charge in [0.15, 0.2) is 6.04 Å². The van der Waals surface area contributed by atoms with Gasteiger partial charge in [-0.2, -0.15) is 0 Å². The predicted molar refractivity (Wildman–Crippen MR) is 230 cm³/mol. The molecule has 0 aromatic carbocycles. The number of amides is 5. The fourth-order valence-corrected chi connectivity index (χ4v) is 11.0. The summed E-state index contributed by atoms with van der Waals surface area (Å²) in [6.07, 6.45) is 15.5. The summed E-state index contributed by atoms with van der Waals surface area (Å²) in [6.45, 7) is -0.380. The van der Waals surface area contributed by atoms with Crippen LogP contribution < -0.4 is 26.6 Å². The van der Waals surface area contributed by atoms with E-state index in [1.54, 1.807) is 0 Å². The number of carbonyl (C=O) groups excluding carboxylic acids is 5. The van der Waals surface area contributed by atoms with E-state index in [0.717, 1.165) is 31.6 Å². The number of aliphatic hydroxyl groups excluding tert-OH is 1. The quantitative estimate of drug-likeness (QED) is 0.139. The molecule has 1 aromatic rings. The fourth-order valence-electron chi connectivity index (χ4n) is 10.4. The van der Waals surface area contributed by atoms with Gasteiger partial charge in [-0.05, 0) is 125 Å². The first-order valence-electron chi connectivity index (χ1n) is 23.0. The van der Waals surface area contributed by atoms with Crippen molar-refractivity contribution in [2.75, 3.05) is 13.2 Å². The summed E-state index contributed by atoms with van der Waals surface area (Å²) in [5.74, 6) is 3.80. The van der Waals surface area contributed by atoms with Crippen LogP contribution >= 0.6 is 11.3 Å². The molecule has 14 nitrogen and oxygen atoms in total. The Morgan fingerprint density at radius 3 is 2.02 bits per heavy atom. The van der Waals surface area contributed by atoms with Gasteiger partial charge in [-0.15, -0.1) is 11.3 Å². The Morgan fingerprint density at radius 2 is 1.38 bits per heavy atom. The maximum absolute atomic E-state index is 14.7. The van der Waals surface area contributed by atoms with Crippen LogP contribution in [0.3, 0.4) is 0 Å². The van der Waals surface area contributed by atoms with Gasteiger partial charge >= 0.3 is 5.97 Å². The highest BCUT2D eigenvalue weighted by Gasteiger charge is 2.37. The molecule has 7 N–H and O–H groups in total. The lowest BCUT2D eigenvalue weighted by atomic mass is 9.70. The van der Waals surface area contributed by atoms with Gasteiger partial charge in [0.2, 0.25) is 23.6 Å². The molecule has 2 aliphatic heterocycles. The van der Waals surface area contributed by atoms with Crippen LogP contribution in [0.15, 0.2) is 17.5 Å². The number of hydrogen-bond acceptors (Lipinski definition) is 9. The summed E-state index contributed by atoms with van der Waals surface area (Å²) in [5.41, 5.74) is 0. The molecule has 0 spiro atoms. The van der Waals surface area contributed by atoms with Crippen molar-refractivity contribution in [2.24, 2.45) is 29.6 Å². The predicted octanol–water partition coefficient (Wildman–Crippen LogP) is 4.33. The molecule has 1 aromatic heterocycles. The molecule has 4 unspecified atom stereocenters. The second-order valence-electron chi connectivity index (χ2n) is 18.4. The van der Waals surface area contributed by atoms with Gasteiger partial charge in [-0.25, -0.2) is 0 Å². The van der Waals surface area contributed by atoms with Gasteiger partial charge in [0, 0.05) is 6.54 Å². The highest BCUT2D eigenvalue weighted by atomic mass is 32.1. The van der Waals surface area contributed by atoms with E-state index >= 15 is 0 Å². The monoisotopic (exact) mass is 865 g/mol. The van der Waals surface area contributed by atoms with Crippen molar-refractivity contribution >= 4 is 46.8 Å². The number of carboxylic acid groups (broad SMARTS) is 1. The zero-order valence-electron chi connectivity index (χ0n) is 35.5. The molecule has 336 valence electrons. The summed E-state index contributed by atoms with van der Waals surface area (Å²) in [6, 6.07) is -0.684. The number of rotatable bonds is 9. The number of nitrogens with one attached hydrogen (secondary N) is 5. The molecule has 6 aliphatic rings. The van der Waals surface area contributed by atoms with Crippen LogP contribution in [0.1, 0.15) is 140 Å². The molecule has 15 heteroatoms. The zero-order chi connectivity index (χ0) is 43.1. The number of aliphatic carboxylic acids is 1. The van der Waals surface area contributed by atoms with Crippen molar-refractivity contribution in [3.05, 3.63) is 22.4 Å². The molecule has 4 atom stereocenters. The van der Waals surface area contributed by atoms with Crippen molar-refractivity contribution in [2.45, 2.75) is 171 Å². The smallest absolute Gasteiger partial charge is 0.305 e. The Morgan fingerprint density at radius 1 is 0.754 bits per heavy atom. The molecular formula is C46H67N5O9S. The normalized spacial score (nSPS) is 32.6. The molecule has 7 rings (SSSR count). The molecule has 61 heavy (non-hydrogen) atoms. The average Bonchev–Trinajstić information content (AvgIpc) is 3.79. The minimum absolute atomic E-state index is 0.0226. The first kappa shape index (κ1) is 46.5. The van der Waals surface area contributed by atoms with Crippen LogP contribution in [0.25, 0.3) is 0 Å². The lowest BCUT2D eigenvalue weighted by Crippen LogP contribution is -2.59. The molecule has 5 amide bonds. The van der Waals surface area contributed by atoms with E-state index in [4.69, 9.17) is 4.74 Å². The van der Waals surface area contributed by atoms with Crippen LogP contribution in [0.5, 0.6) is 0 Å². The minimum atomic E-state index is -1.28. The number of hydrogen-bond donors (Lipinski definition) is 7. The molecule has 6 fully saturated rings. The number of aliphatic hydroxyl groups is 1. The molecule has 4 saturated carbocycles. The summed E-state index contributed by atoms with van der Waals surface area (Å²) < 4.78 is 6.02. The molecular weight excluding hydrogens is 799 g/mol. The van der Waals surface area contributed by atoms with E-state index in [1.165, 1.54) is 43.4 Å². The largest absolute Gasteiger partial charge is 0.481 e. The fraction of sp³-hybridized carbons (Fsp3) is 0.739. The van der Waals surface area contributed by atoms with E-state index in [2.05, 4.69) is 38.4 Å². The lowest BCUT2D eigenvalue weighted by Gasteiger charge is -2.37. The van der Waals surface area contributed by atoms with E-state index in [-0.39, 0.29) is 49.9 Å². The van der Waals surface area contributed by atoms with Crippen LogP contribution in [0.2, 0.25) is 0 Å². The number of ether oxygens (including phenoxy) is 1. The van der Waals surface area contributed by atoms with E-state index in [9.17, 15) is 39.0 Å². The topological polar surface area (TPSA) is 212 Å². The third kappa shape index (κ3) is 14.8. The first-order chi connectivity index (χ1) is 29.5. The SMILES string of the molecule is O=C(O)CCNC(=O)C1CC2CCC(CC2)OCC(=O)NC(C#Cc2cccs2)C(=O)NC(CC2CCC(C3CCCCC3)CC2)C(=O)NC(CC2CCC(O)CC2)C(=O)N1. The van der Waals surface area contributed by atoms with Crippen LogP contribution in [0, 0.1) is 41.4 Å². The Labute approximate surface area is 364 Å². The second-order valence-corrected chi connectivity index (χ2v) is 19.3. The third-order valence-electron chi connectivity index (χ3n) is 13.9. The summed E-state index contributed by atoms with van der Waals surface area (Å²) >= 11 is 1.41. The van der Waals surface area contributed by atoms with Crippen molar-refractivity contribution in [1.29, 1.82) is 0 Å². The van der Waals surface area contributed by atoms with Crippen molar-refractivity contribution in [3.8, 4) is 11.8 Å². The zero-order valence-corrected chi connectivity index (χ0v) is 36.3. The Balaban J connectivity index is 1.27. The van der Waals surface area contributed by atoms with Gasteiger partial charge in [0.25, 0.3) is 5.91 Å².